The van der Waals surface area contributed by atoms with Crippen LogP contribution in [0, 0.1) is 0 Å². The van der Waals surface area contributed by atoms with Crippen molar-refractivity contribution in [1.29, 1.82) is 0 Å². The molecular formula is C19H20ClN3O3. The molecule has 0 aliphatic carbocycles. The molecule has 2 aromatic carbocycles. The third-order valence-electron chi connectivity index (χ3n) is 4.12. The van der Waals surface area contributed by atoms with Crippen LogP contribution >= 0.6 is 11.6 Å². The molecule has 1 aliphatic rings. The van der Waals surface area contributed by atoms with Crippen LogP contribution < -0.4 is 15.8 Å². The fraction of sp³-hybridized carbons (Fsp3) is 0.263. The van der Waals surface area contributed by atoms with Gasteiger partial charge in [-0.15, -0.1) is 0 Å². The number of nitrogens with one attached hydrogen (secondary N) is 1. The molecule has 0 saturated heterocycles. The van der Waals surface area contributed by atoms with Gasteiger partial charge >= 0.3 is 0 Å². The lowest BCUT2D eigenvalue weighted by molar-refractivity contribution is 0.102. The average molecular weight is 374 g/mol. The molecule has 1 aliphatic heterocycles. The minimum Gasteiger partial charge on any atom is -0.496 e. The summed E-state index contributed by atoms with van der Waals surface area (Å²) in [6.45, 7) is 0.545. The normalized spacial score (nSPS) is 15.9. The second-order valence-corrected chi connectivity index (χ2v) is 6.40. The lowest BCUT2D eigenvalue weighted by Crippen LogP contribution is -2.13. The molecule has 0 spiro atoms. The van der Waals surface area contributed by atoms with Gasteiger partial charge in [-0.1, -0.05) is 23.7 Å². The highest BCUT2D eigenvalue weighted by atomic mass is 35.5. The number of carbonyl (C=O) groups excluding carboxylic acids is 1. The standard InChI is InChI=1S/C19H20ClN3O3/c1-25-17-10-13(20)5-9-16(17)18(24)22-14-6-2-12(3-7-14)4-8-15-11-26-19(21)23-15/h2-3,5-7,9-10,15H,4,8,11H2,1H3,(H2,21,23)(H,22,24). The predicted octanol–water partition coefficient (Wildman–Crippen LogP) is 3.25. The number of amides is 1. The van der Waals surface area contributed by atoms with E-state index in [4.69, 9.17) is 26.8 Å². The predicted molar refractivity (Wildman–Crippen MR) is 102 cm³/mol. The van der Waals surface area contributed by atoms with Crippen molar-refractivity contribution in [2.45, 2.75) is 18.9 Å². The van der Waals surface area contributed by atoms with Crippen LogP contribution in [0.1, 0.15) is 22.3 Å². The molecule has 1 amide bonds. The van der Waals surface area contributed by atoms with Crippen molar-refractivity contribution in [1.82, 2.24) is 0 Å². The monoisotopic (exact) mass is 373 g/mol. The van der Waals surface area contributed by atoms with E-state index in [1.165, 1.54) is 7.11 Å². The smallest absolute Gasteiger partial charge is 0.282 e. The van der Waals surface area contributed by atoms with Gasteiger partial charge in [0.25, 0.3) is 11.9 Å². The van der Waals surface area contributed by atoms with Crippen LogP contribution in [0.2, 0.25) is 5.02 Å². The zero-order valence-corrected chi connectivity index (χ0v) is 15.1. The molecule has 0 fully saturated rings. The largest absolute Gasteiger partial charge is 0.496 e. The molecule has 136 valence electrons. The molecule has 1 atom stereocenters. The van der Waals surface area contributed by atoms with E-state index < -0.39 is 0 Å². The number of aliphatic imine (C=N–C) groups is 1. The summed E-state index contributed by atoms with van der Waals surface area (Å²) in [4.78, 5) is 16.7. The maximum absolute atomic E-state index is 12.4. The number of aryl methyl sites for hydroxylation is 1. The molecule has 0 bridgehead atoms. The van der Waals surface area contributed by atoms with E-state index in [1.54, 1.807) is 18.2 Å². The van der Waals surface area contributed by atoms with Crippen molar-refractivity contribution in [2.75, 3.05) is 19.0 Å². The van der Waals surface area contributed by atoms with E-state index in [9.17, 15) is 4.79 Å². The molecule has 0 radical (unpaired) electrons. The van der Waals surface area contributed by atoms with Crippen molar-refractivity contribution in [3.63, 3.8) is 0 Å². The summed E-state index contributed by atoms with van der Waals surface area (Å²) >= 11 is 5.93. The lowest BCUT2D eigenvalue weighted by Gasteiger charge is -2.10. The van der Waals surface area contributed by atoms with Crippen molar-refractivity contribution in [2.24, 2.45) is 10.7 Å². The summed E-state index contributed by atoms with van der Waals surface area (Å²) in [5.41, 5.74) is 7.81. The molecule has 3 rings (SSSR count). The van der Waals surface area contributed by atoms with Gasteiger partial charge < -0.3 is 20.5 Å². The highest BCUT2D eigenvalue weighted by Crippen LogP contribution is 2.24. The van der Waals surface area contributed by atoms with Crippen LogP contribution in [0.5, 0.6) is 5.75 Å². The van der Waals surface area contributed by atoms with Crippen molar-refractivity contribution in [3.05, 3.63) is 58.6 Å². The summed E-state index contributed by atoms with van der Waals surface area (Å²) < 4.78 is 10.4. The Labute approximate surface area is 157 Å². The zero-order chi connectivity index (χ0) is 18.5. The molecule has 2 aromatic rings. The van der Waals surface area contributed by atoms with E-state index in [-0.39, 0.29) is 18.0 Å². The highest BCUT2D eigenvalue weighted by molar-refractivity contribution is 6.31. The maximum atomic E-state index is 12.4. The number of carbonyl (C=O) groups is 1. The first-order valence-electron chi connectivity index (χ1n) is 8.25. The summed E-state index contributed by atoms with van der Waals surface area (Å²) in [6, 6.07) is 13.0. The SMILES string of the molecule is COc1cc(Cl)ccc1C(=O)Nc1ccc(CCC2COC(N)=N2)cc1. The quantitative estimate of drug-likeness (QED) is 0.813. The van der Waals surface area contributed by atoms with Gasteiger partial charge in [0.15, 0.2) is 0 Å². The molecular weight excluding hydrogens is 354 g/mol. The van der Waals surface area contributed by atoms with Gasteiger partial charge in [0.2, 0.25) is 0 Å². The first-order valence-corrected chi connectivity index (χ1v) is 8.63. The Kier molecular flexibility index (Phi) is 5.63. The Morgan fingerprint density at radius 2 is 2.12 bits per heavy atom. The first-order chi connectivity index (χ1) is 12.5. The van der Waals surface area contributed by atoms with E-state index in [1.807, 2.05) is 24.3 Å². The Morgan fingerprint density at radius 3 is 2.77 bits per heavy atom. The molecule has 6 nitrogen and oxygen atoms in total. The fourth-order valence-electron chi connectivity index (χ4n) is 2.72. The average Bonchev–Trinajstić information content (AvgIpc) is 3.06. The minimum atomic E-state index is -0.251. The van der Waals surface area contributed by atoms with Crippen molar-refractivity contribution < 1.29 is 14.3 Å². The molecule has 3 N–H and O–H groups in total. The summed E-state index contributed by atoms with van der Waals surface area (Å²) in [5.74, 6) is 0.185. The number of nitrogens with zero attached hydrogens (tertiary/aromatic N) is 1. The van der Waals surface area contributed by atoms with Gasteiger partial charge in [-0.25, -0.2) is 4.99 Å². The molecule has 1 heterocycles. The second-order valence-electron chi connectivity index (χ2n) is 5.97. The molecule has 1 unspecified atom stereocenters. The summed E-state index contributed by atoms with van der Waals surface area (Å²) in [7, 11) is 1.50. The molecule has 0 aromatic heterocycles. The third kappa shape index (κ3) is 4.46. The van der Waals surface area contributed by atoms with Gasteiger partial charge in [0.05, 0.1) is 18.7 Å². The summed E-state index contributed by atoms with van der Waals surface area (Å²) in [5, 5.41) is 3.38. The minimum absolute atomic E-state index is 0.117. The number of hydrogen-bond acceptors (Lipinski definition) is 5. The molecule has 7 heteroatoms. The topological polar surface area (TPSA) is 85.9 Å². The number of hydrogen-bond donors (Lipinski definition) is 2. The summed E-state index contributed by atoms with van der Waals surface area (Å²) in [6.07, 6.45) is 1.73. The lowest BCUT2D eigenvalue weighted by atomic mass is 10.1. The van der Waals surface area contributed by atoms with Gasteiger partial charge in [-0.2, -0.15) is 0 Å². The van der Waals surface area contributed by atoms with Gasteiger partial charge in [0, 0.05) is 10.7 Å². The van der Waals surface area contributed by atoms with Crippen LogP contribution in [0.4, 0.5) is 5.69 Å². The number of ether oxygens (including phenoxy) is 2. The van der Waals surface area contributed by atoms with Crippen LogP contribution in [0.25, 0.3) is 0 Å². The van der Waals surface area contributed by atoms with Crippen LogP contribution in [0.15, 0.2) is 47.5 Å². The van der Waals surface area contributed by atoms with Gasteiger partial charge in [0.1, 0.15) is 12.4 Å². The third-order valence-corrected chi connectivity index (χ3v) is 4.35. The van der Waals surface area contributed by atoms with E-state index in [0.29, 0.717) is 28.6 Å². The number of methoxy groups -OCH3 is 1. The Morgan fingerprint density at radius 1 is 1.35 bits per heavy atom. The number of amidine groups is 1. The Bertz CT molecular complexity index is 821. The zero-order valence-electron chi connectivity index (χ0n) is 14.4. The fourth-order valence-corrected chi connectivity index (χ4v) is 2.89. The molecule has 0 saturated carbocycles. The number of benzene rings is 2. The van der Waals surface area contributed by atoms with E-state index >= 15 is 0 Å². The van der Waals surface area contributed by atoms with Crippen molar-refractivity contribution in [3.8, 4) is 5.75 Å². The van der Waals surface area contributed by atoms with Crippen LogP contribution in [0.3, 0.4) is 0 Å². The van der Waals surface area contributed by atoms with Crippen molar-refractivity contribution >= 4 is 29.2 Å². The molecule has 26 heavy (non-hydrogen) atoms. The number of nitrogens with two attached hydrogens (primary N) is 1. The Hall–Kier alpha value is -2.73. The van der Waals surface area contributed by atoms with E-state index in [0.717, 1.165) is 18.4 Å². The maximum Gasteiger partial charge on any atom is 0.282 e. The van der Waals surface area contributed by atoms with E-state index in [2.05, 4.69) is 10.3 Å². The highest BCUT2D eigenvalue weighted by Gasteiger charge is 2.16. The number of halogens is 1. The Balaban J connectivity index is 1.59. The first kappa shape index (κ1) is 18.1. The van der Waals surface area contributed by atoms with Gasteiger partial charge in [-0.3, -0.25) is 4.79 Å². The number of rotatable bonds is 6. The second kappa shape index (κ2) is 8.10. The van der Waals surface area contributed by atoms with Gasteiger partial charge in [-0.05, 0) is 48.7 Å². The van der Waals surface area contributed by atoms with Crippen LogP contribution in [-0.4, -0.2) is 31.7 Å². The van der Waals surface area contributed by atoms with Crippen LogP contribution in [-0.2, 0) is 11.2 Å². The number of anilines is 1.